The summed E-state index contributed by atoms with van der Waals surface area (Å²) < 4.78 is 1.92. The second kappa shape index (κ2) is 7.98. The number of carbonyl (C=O) groups is 1. The first-order chi connectivity index (χ1) is 13.6. The highest BCUT2D eigenvalue weighted by Gasteiger charge is 2.27. The number of para-hydroxylation sites is 1. The molecular formula is C23H26N4O. The van der Waals surface area contributed by atoms with Crippen LogP contribution < -0.4 is 5.32 Å². The van der Waals surface area contributed by atoms with Gasteiger partial charge >= 0.3 is 0 Å². The molecule has 0 unspecified atom stereocenters. The second-order valence-corrected chi connectivity index (χ2v) is 7.52. The van der Waals surface area contributed by atoms with Crippen molar-refractivity contribution in [3.05, 3.63) is 72.4 Å². The third-order valence-electron chi connectivity index (χ3n) is 5.24. The van der Waals surface area contributed by atoms with Gasteiger partial charge in [-0.05, 0) is 38.9 Å². The van der Waals surface area contributed by atoms with E-state index in [0.29, 0.717) is 12.6 Å². The summed E-state index contributed by atoms with van der Waals surface area (Å²) in [6, 6.07) is 20.5. The van der Waals surface area contributed by atoms with Gasteiger partial charge in [0.2, 0.25) is 5.91 Å². The smallest absolute Gasteiger partial charge is 0.237 e. The third kappa shape index (κ3) is 4.15. The number of hydrogen-bond acceptors (Lipinski definition) is 3. The van der Waals surface area contributed by atoms with Crippen molar-refractivity contribution in [3.8, 4) is 16.9 Å². The fraction of sp³-hybridized carbons (Fsp3) is 0.304. The zero-order valence-corrected chi connectivity index (χ0v) is 16.4. The molecule has 1 N–H and O–H groups in total. The van der Waals surface area contributed by atoms with Crippen molar-refractivity contribution in [2.45, 2.75) is 38.4 Å². The van der Waals surface area contributed by atoms with E-state index in [4.69, 9.17) is 5.10 Å². The molecule has 1 heterocycles. The Morgan fingerprint density at radius 2 is 1.79 bits per heavy atom. The average molecular weight is 374 g/mol. The Balaban J connectivity index is 1.61. The highest BCUT2D eigenvalue weighted by atomic mass is 16.2. The van der Waals surface area contributed by atoms with Crippen LogP contribution in [-0.4, -0.2) is 39.7 Å². The van der Waals surface area contributed by atoms with Crippen molar-refractivity contribution >= 4 is 5.91 Å². The van der Waals surface area contributed by atoms with E-state index in [1.54, 1.807) is 0 Å². The molecule has 4 rings (SSSR count). The minimum Gasteiger partial charge on any atom is -0.352 e. The monoisotopic (exact) mass is 374 g/mol. The van der Waals surface area contributed by atoms with Crippen LogP contribution in [0, 0.1) is 0 Å². The van der Waals surface area contributed by atoms with Crippen LogP contribution >= 0.6 is 0 Å². The third-order valence-corrected chi connectivity index (χ3v) is 5.24. The van der Waals surface area contributed by atoms with Crippen LogP contribution in [0.25, 0.3) is 16.9 Å². The Morgan fingerprint density at radius 1 is 1.14 bits per heavy atom. The van der Waals surface area contributed by atoms with E-state index in [1.165, 1.54) is 0 Å². The molecule has 144 valence electrons. The van der Waals surface area contributed by atoms with Gasteiger partial charge in [0.15, 0.2) is 0 Å². The number of amides is 1. The van der Waals surface area contributed by atoms with Crippen LogP contribution in [0.4, 0.5) is 0 Å². The van der Waals surface area contributed by atoms with Crippen molar-refractivity contribution in [1.29, 1.82) is 0 Å². The normalized spacial score (nSPS) is 14.8. The molecule has 1 atom stereocenters. The molecular weight excluding hydrogens is 348 g/mol. The van der Waals surface area contributed by atoms with Crippen molar-refractivity contribution in [3.63, 3.8) is 0 Å². The first-order valence-corrected chi connectivity index (χ1v) is 9.82. The molecule has 1 aliphatic rings. The molecule has 1 saturated carbocycles. The standard InChI is InChI=1S/C23H26N4O/c1-17(23(28)24-20-13-14-20)26(2)15-19-16-27(21-11-7-4-8-12-21)25-22(19)18-9-5-3-6-10-18/h3-12,16-17,20H,13-15H2,1-2H3,(H,24,28)/t17-/m0/s1. The maximum atomic E-state index is 12.4. The minimum atomic E-state index is -0.190. The zero-order chi connectivity index (χ0) is 19.5. The number of carbonyl (C=O) groups excluding carboxylic acids is 1. The number of hydrogen-bond donors (Lipinski definition) is 1. The maximum Gasteiger partial charge on any atom is 0.237 e. The lowest BCUT2D eigenvalue weighted by Crippen LogP contribution is -2.43. The van der Waals surface area contributed by atoms with E-state index in [1.807, 2.05) is 67.2 Å². The molecule has 0 saturated heterocycles. The van der Waals surface area contributed by atoms with E-state index < -0.39 is 0 Å². The van der Waals surface area contributed by atoms with Gasteiger partial charge in [-0.15, -0.1) is 0 Å². The fourth-order valence-corrected chi connectivity index (χ4v) is 3.23. The van der Waals surface area contributed by atoms with Gasteiger partial charge in [-0.2, -0.15) is 5.10 Å². The van der Waals surface area contributed by atoms with Crippen molar-refractivity contribution in [2.75, 3.05) is 7.05 Å². The summed E-state index contributed by atoms with van der Waals surface area (Å²) in [5, 5.41) is 7.95. The summed E-state index contributed by atoms with van der Waals surface area (Å²) in [6.07, 6.45) is 4.27. The van der Waals surface area contributed by atoms with Crippen LogP contribution in [-0.2, 0) is 11.3 Å². The van der Waals surface area contributed by atoms with Gasteiger partial charge in [0.25, 0.3) is 0 Å². The quantitative estimate of drug-likeness (QED) is 0.687. The number of aromatic nitrogens is 2. The number of rotatable bonds is 7. The summed E-state index contributed by atoms with van der Waals surface area (Å²) in [6.45, 7) is 2.61. The Labute approximate surface area is 166 Å². The largest absolute Gasteiger partial charge is 0.352 e. The highest BCUT2D eigenvalue weighted by Crippen LogP contribution is 2.25. The predicted molar refractivity (Wildman–Crippen MR) is 111 cm³/mol. The van der Waals surface area contributed by atoms with E-state index >= 15 is 0 Å². The second-order valence-electron chi connectivity index (χ2n) is 7.52. The van der Waals surface area contributed by atoms with Crippen molar-refractivity contribution in [1.82, 2.24) is 20.0 Å². The summed E-state index contributed by atoms with van der Waals surface area (Å²) in [5.74, 6) is 0.0988. The molecule has 2 aromatic carbocycles. The van der Waals surface area contributed by atoms with Gasteiger partial charge in [-0.1, -0.05) is 48.5 Å². The average Bonchev–Trinajstić information content (AvgIpc) is 3.45. The lowest BCUT2D eigenvalue weighted by molar-refractivity contribution is -0.125. The molecule has 5 heteroatoms. The number of nitrogens with one attached hydrogen (secondary N) is 1. The molecule has 1 amide bonds. The van der Waals surface area contributed by atoms with Gasteiger partial charge in [-0.25, -0.2) is 4.68 Å². The van der Waals surface area contributed by atoms with E-state index in [2.05, 4.69) is 28.5 Å². The number of likely N-dealkylation sites (N-methyl/N-ethyl adjacent to an activating group) is 1. The minimum absolute atomic E-state index is 0.0988. The molecule has 1 aliphatic carbocycles. The molecule has 0 bridgehead atoms. The Morgan fingerprint density at radius 3 is 2.43 bits per heavy atom. The Kier molecular flexibility index (Phi) is 5.26. The van der Waals surface area contributed by atoms with Crippen LogP contribution in [0.15, 0.2) is 66.9 Å². The van der Waals surface area contributed by atoms with Gasteiger partial charge in [0, 0.05) is 29.9 Å². The van der Waals surface area contributed by atoms with E-state index in [-0.39, 0.29) is 11.9 Å². The first kappa shape index (κ1) is 18.4. The molecule has 3 aromatic rings. The first-order valence-electron chi connectivity index (χ1n) is 9.82. The Hall–Kier alpha value is -2.92. The van der Waals surface area contributed by atoms with Crippen molar-refractivity contribution < 1.29 is 4.79 Å². The number of benzene rings is 2. The number of nitrogens with zero attached hydrogens (tertiary/aromatic N) is 3. The van der Waals surface area contributed by atoms with E-state index in [9.17, 15) is 4.79 Å². The molecule has 28 heavy (non-hydrogen) atoms. The van der Waals surface area contributed by atoms with Gasteiger partial charge in [0.05, 0.1) is 17.4 Å². The van der Waals surface area contributed by atoms with Crippen molar-refractivity contribution in [2.24, 2.45) is 0 Å². The fourth-order valence-electron chi connectivity index (χ4n) is 3.23. The topological polar surface area (TPSA) is 50.2 Å². The molecule has 0 radical (unpaired) electrons. The zero-order valence-electron chi connectivity index (χ0n) is 16.4. The summed E-state index contributed by atoms with van der Waals surface area (Å²) in [4.78, 5) is 14.5. The summed E-state index contributed by atoms with van der Waals surface area (Å²) >= 11 is 0. The SMILES string of the molecule is C[C@@H](C(=O)NC1CC1)N(C)Cc1cn(-c2ccccc2)nc1-c1ccccc1. The van der Waals surface area contributed by atoms with E-state index in [0.717, 1.165) is 35.3 Å². The van der Waals surface area contributed by atoms with Gasteiger partial charge in [-0.3, -0.25) is 9.69 Å². The lowest BCUT2D eigenvalue weighted by atomic mass is 10.1. The molecule has 0 aliphatic heterocycles. The summed E-state index contributed by atoms with van der Waals surface area (Å²) in [5.41, 5.74) is 4.15. The van der Waals surface area contributed by atoms with Crippen LogP contribution in [0.3, 0.4) is 0 Å². The van der Waals surface area contributed by atoms with Gasteiger partial charge in [0.1, 0.15) is 0 Å². The molecule has 1 aromatic heterocycles. The Bertz CT molecular complexity index is 932. The molecule has 1 fully saturated rings. The van der Waals surface area contributed by atoms with Crippen LogP contribution in [0.1, 0.15) is 25.3 Å². The lowest BCUT2D eigenvalue weighted by Gasteiger charge is -2.23. The predicted octanol–water partition coefficient (Wildman–Crippen LogP) is 3.64. The maximum absolute atomic E-state index is 12.4. The summed E-state index contributed by atoms with van der Waals surface area (Å²) in [7, 11) is 1.99. The van der Waals surface area contributed by atoms with Crippen LogP contribution in [0.5, 0.6) is 0 Å². The van der Waals surface area contributed by atoms with Gasteiger partial charge < -0.3 is 5.32 Å². The molecule has 5 nitrogen and oxygen atoms in total. The van der Waals surface area contributed by atoms with Crippen LogP contribution in [0.2, 0.25) is 0 Å². The highest BCUT2D eigenvalue weighted by molar-refractivity contribution is 5.81. The molecule has 0 spiro atoms.